The van der Waals surface area contributed by atoms with Crippen LogP contribution in [0.1, 0.15) is 227 Å². The third-order valence-electron chi connectivity index (χ3n) is 11.2. The van der Waals surface area contributed by atoms with Gasteiger partial charge in [0.2, 0.25) is 0 Å². The normalized spacial score (nSPS) is 13.6. The number of unbranched alkanes of at least 4 members (excludes halogenated alkanes) is 27. The molecule has 0 bridgehead atoms. The van der Waals surface area contributed by atoms with Crippen molar-refractivity contribution in [3.8, 4) is 0 Å². The van der Waals surface area contributed by atoms with Gasteiger partial charge in [0.05, 0.1) is 19.1 Å². The fourth-order valence-electron chi connectivity index (χ4n) is 6.80. The Bertz CT molecular complexity index is 692. The zero-order chi connectivity index (χ0) is 35.8. The van der Waals surface area contributed by atoms with Gasteiger partial charge in [-0.2, -0.15) is 0 Å². The van der Waals surface area contributed by atoms with E-state index in [0.29, 0.717) is 0 Å². The molecule has 48 heavy (non-hydrogen) atoms. The molecule has 5 heteroatoms. The molecule has 0 aromatic rings. The van der Waals surface area contributed by atoms with Crippen molar-refractivity contribution in [2.24, 2.45) is 5.92 Å². The zero-order valence-electron chi connectivity index (χ0n) is 33.9. The average Bonchev–Trinajstić information content (AvgIpc) is 3.05. The van der Waals surface area contributed by atoms with Crippen LogP contribution >= 0.6 is 15.9 Å². The monoisotopic (exact) mass is 759 g/mol. The summed E-state index contributed by atoms with van der Waals surface area (Å²) in [4.78, 5) is 13.1. The summed E-state index contributed by atoms with van der Waals surface area (Å²) in [5, 5.41) is 1.25. The fourth-order valence-corrected chi connectivity index (χ4v) is 8.59. The predicted octanol–water partition coefficient (Wildman–Crippen LogP) is 15.7. The second kappa shape index (κ2) is 33.0. The summed E-state index contributed by atoms with van der Waals surface area (Å²) in [5.74, 6) is -0.190. The quantitative estimate of drug-likeness (QED) is 0.0276. The lowest BCUT2D eigenvalue weighted by Crippen LogP contribution is -2.47. The lowest BCUT2D eigenvalue weighted by molar-refractivity contribution is -0.149. The molecule has 0 heterocycles. The summed E-state index contributed by atoms with van der Waals surface area (Å²) < 4.78 is 12.3. The van der Waals surface area contributed by atoms with E-state index in [-0.39, 0.29) is 23.0 Å². The number of alkyl halides is 1. The van der Waals surface area contributed by atoms with E-state index in [0.717, 1.165) is 31.0 Å². The third-order valence-corrected chi connectivity index (χ3v) is 16.3. The van der Waals surface area contributed by atoms with Crippen LogP contribution in [0.2, 0.25) is 18.1 Å². The molecule has 2 atom stereocenters. The Labute approximate surface area is 312 Å². The highest BCUT2D eigenvalue weighted by molar-refractivity contribution is 9.09. The minimum atomic E-state index is -1.99. The van der Waals surface area contributed by atoms with Crippen molar-refractivity contribution in [3.63, 3.8) is 0 Å². The zero-order valence-corrected chi connectivity index (χ0v) is 36.5. The van der Waals surface area contributed by atoms with Crippen LogP contribution in [0.4, 0.5) is 0 Å². The molecule has 288 valence electrons. The summed E-state index contributed by atoms with van der Waals surface area (Å²) in [6.45, 7) is 13.9. The number of rotatable bonds is 36. The predicted molar refractivity (Wildman–Crippen MR) is 220 cm³/mol. The number of hydrogen-bond acceptors (Lipinski definition) is 3. The number of methoxy groups -OCH3 is 1. The molecular formula is C43H87BrO3Si. The molecule has 0 spiro atoms. The van der Waals surface area contributed by atoms with Crippen molar-refractivity contribution in [2.45, 2.75) is 251 Å². The summed E-state index contributed by atoms with van der Waals surface area (Å²) in [5.41, 5.74) is 0. The van der Waals surface area contributed by atoms with Crippen LogP contribution in [-0.4, -0.2) is 32.8 Å². The van der Waals surface area contributed by atoms with E-state index in [1.165, 1.54) is 173 Å². The van der Waals surface area contributed by atoms with Gasteiger partial charge >= 0.3 is 5.97 Å². The molecule has 0 aromatic heterocycles. The smallest absolute Gasteiger partial charge is 0.311 e. The Balaban J connectivity index is 4.17. The van der Waals surface area contributed by atoms with E-state index in [4.69, 9.17) is 9.16 Å². The van der Waals surface area contributed by atoms with Crippen LogP contribution in [0.25, 0.3) is 0 Å². The van der Waals surface area contributed by atoms with Crippen molar-refractivity contribution in [1.29, 1.82) is 0 Å². The first-order valence-corrected chi connectivity index (χ1v) is 25.4. The Morgan fingerprint density at radius 1 is 0.542 bits per heavy atom. The lowest BCUT2D eigenvalue weighted by Gasteiger charge is -2.41. The Hall–Kier alpha value is 0.127. The van der Waals surface area contributed by atoms with Crippen molar-refractivity contribution in [3.05, 3.63) is 0 Å². The van der Waals surface area contributed by atoms with Crippen LogP contribution in [-0.2, 0) is 14.0 Å². The molecule has 0 radical (unpaired) electrons. The number of hydrogen-bond donors (Lipinski definition) is 0. The van der Waals surface area contributed by atoms with Crippen molar-refractivity contribution in [1.82, 2.24) is 0 Å². The topological polar surface area (TPSA) is 35.5 Å². The first-order chi connectivity index (χ1) is 23.1. The molecule has 0 fully saturated rings. The average molecular weight is 760 g/mol. The molecule has 0 saturated heterocycles. The lowest BCUT2D eigenvalue weighted by atomic mass is 9.91. The summed E-state index contributed by atoms with van der Waals surface area (Å²) in [6, 6.07) is 0. The number of carbonyl (C=O) groups excluding carboxylic acids is 1. The number of carbonyl (C=O) groups is 1. The van der Waals surface area contributed by atoms with E-state index in [9.17, 15) is 4.79 Å². The van der Waals surface area contributed by atoms with Gasteiger partial charge in [-0.1, -0.05) is 223 Å². The van der Waals surface area contributed by atoms with E-state index in [1.807, 2.05) is 0 Å². The summed E-state index contributed by atoms with van der Waals surface area (Å²) >= 11 is 3.54. The molecule has 0 amide bonds. The van der Waals surface area contributed by atoms with Gasteiger partial charge in [-0.25, -0.2) is 0 Å². The molecule has 0 aliphatic heterocycles. The van der Waals surface area contributed by atoms with Crippen LogP contribution < -0.4 is 0 Å². The number of ether oxygens (including phenoxy) is 1. The third kappa shape index (κ3) is 27.8. The summed E-state index contributed by atoms with van der Waals surface area (Å²) in [7, 11) is -0.430. The Morgan fingerprint density at radius 2 is 0.854 bits per heavy atom. The Kier molecular flexibility index (Phi) is 33.1. The molecular weight excluding hydrogens is 672 g/mol. The van der Waals surface area contributed by atoms with E-state index in [2.05, 4.69) is 56.7 Å². The molecule has 1 unspecified atom stereocenters. The number of halogens is 1. The molecule has 0 aliphatic carbocycles. The highest BCUT2D eigenvalue weighted by Crippen LogP contribution is 2.39. The molecule has 0 rings (SSSR count). The molecule has 3 nitrogen and oxygen atoms in total. The van der Waals surface area contributed by atoms with Gasteiger partial charge in [0.1, 0.15) is 0 Å². The van der Waals surface area contributed by atoms with Gasteiger partial charge in [0.15, 0.2) is 8.32 Å². The maximum absolute atomic E-state index is 13.1. The second-order valence-electron chi connectivity index (χ2n) is 16.7. The molecule has 0 N–H and O–H groups in total. The van der Waals surface area contributed by atoms with Crippen molar-refractivity contribution in [2.75, 3.05) is 12.4 Å². The van der Waals surface area contributed by atoms with Gasteiger partial charge in [-0.05, 0) is 37.4 Å². The molecule has 0 aliphatic rings. The highest BCUT2D eigenvalue weighted by atomic mass is 79.9. The number of esters is 1. The van der Waals surface area contributed by atoms with Crippen molar-refractivity contribution < 1.29 is 14.0 Å². The van der Waals surface area contributed by atoms with Crippen LogP contribution in [0.5, 0.6) is 0 Å². The van der Waals surface area contributed by atoms with Gasteiger partial charge < -0.3 is 9.16 Å². The van der Waals surface area contributed by atoms with Gasteiger partial charge in [0.25, 0.3) is 0 Å². The van der Waals surface area contributed by atoms with Crippen molar-refractivity contribution >= 4 is 30.2 Å². The first-order valence-electron chi connectivity index (χ1n) is 21.4. The van der Waals surface area contributed by atoms with Gasteiger partial charge in [0, 0.05) is 5.33 Å². The minimum absolute atomic E-state index is 0.0124. The van der Waals surface area contributed by atoms with E-state index in [1.54, 1.807) is 7.11 Å². The fraction of sp³-hybridized carbons (Fsp3) is 0.977. The van der Waals surface area contributed by atoms with Crippen LogP contribution in [0.15, 0.2) is 0 Å². The SMILES string of the molecule is CCCCCCCCCCCCCCCCCCCCCCCCC(C(=O)OC)[C@@H](CCCCCCCCCBr)O[Si](C)(C)C(C)(C)C. The first kappa shape index (κ1) is 48.1. The second-order valence-corrected chi connectivity index (χ2v) is 22.3. The molecule has 0 aromatic carbocycles. The van der Waals surface area contributed by atoms with E-state index >= 15 is 0 Å². The minimum Gasteiger partial charge on any atom is -0.469 e. The van der Waals surface area contributed by atoms with Gasteiger partial charge in [-0.3, -0.25) is 4.79 Å². The Morgan fingerprint density at radius 3 is 1.17 bits per heavy atom. The maximum atomic E-state index is 13.1. The largest absolute Gasteiger partial charge is 0.469 e. The standard InChI is InChI=1S/C43H87BrO3Si/c1-8-9-10-11-12-13-14-15-16-17-18-19-20-21-22-23-24-25-26-28-31-34-37-40(42(45)46-5)41(47-48(6,7)43(2,3)4)38-35-32-29-27-30-33-36-39-44/h40-41H,8-39H2,1-7H3/t40?,41-/m1/s1. The van der Waals surface area contributed by atoms with Crippen LogP contribution in [0, 0.1) is 5.92 Å². The molecule has 0 saturated carbocycles. The summed E-state index contributed by atoms with van der Waals surface area (Å²) in [6.07, 6.45) is 41.6. The maximum Gasteiger partial charge on any atom is 0.311 e. The van der Waals surface area contributed by atoms with Gasteiger partial charge in [-0.15, -0.1) is 0 Å². The van der Waals surface area contributed by atoms with Crippen LogP contribution in [0.3, 0.4) is 0 Å². The highest BCUT2D eigenvalue weighted by Gasteiger charge is 2.42. The van der Waals surface area contributed by atoms with E-state index < -0.39 is 8.32 Å².